The van der Waals surface area contributed by atoms with Gasteiger partial charge < -0.3 is 0 Å². The summed E-state index contributed by atoms with van der Waals surface area (Å²) in [6.07, 6.45) is 6.89. The van der Waals surface area contributed by atoms with Gasteiger partial charge in [-0.1, -0.05) is 27.7 Å². The third-order valence-electron chi connectivity index (χ3n) is 3.99. The van der Waals surface area contributed by atoms with E-state index in [0.717, 1.165) is 24.7 Å². The Labute approximate surface area is 101 Å². The van der Waals surface area contributed by atoms with Crippen molar-refractivity contribution >= 4 is 5.78 Å². The van der Waals surface area contributed by atoms with Crippen LogP contribution in [0.2, 0.25) is 0 Å². The smallest absolute Gasteiger partial charge is 0.133 e. The molecule has 0 unspecified atom stereocenters. The monoisotopic (exact) mass is 224 g/mol. The Morgan fingerprint density at radius 1 is 1.06 bits per heavy atom. The number of rotatable bonds is 5. The summed E-state index contributed by atoms with van der Waals surface area (Å²) in [5.74, 6) is 3.45. The van der Waals surface area contributed by atoms with Gasteiger partial charge in [0.05, 0.1) is 0 Å². The van der Waals surface area contributed by atoms with Crippen molar-refractivity contribution in [3.8, 4) is 0 Å². The minimum Gasteiger partial charge on any atom is -0.300 e. The zero-order valence-electron chi connectivity index (χ0n) is 11.5. The lowest BCUT2D eigenvalue weighted by molar-refractivity contribution is -0.121. The zero-order chi connectivity index (χ0) is 12.1. The molecule has 0 aromatic carbocycles. The predicted octanol–water partition coefficient (Wildman–Crippen LogP) is 4.45. The molecule has 0 bridgehead atoms. The number of carbonyl (C=O) groups excluding carboxylic acids is 1. The van der Waals surface area contributed by atoms with Crippen LogP contribution in [0.15, 0.2) is 0 Å². The molecule has 1 rings (SSSR count). The average Bonchev–Trinajstić information content (AvgIpc) is 2.16. The summed E-state index contributed by atoms with van der Waals surface area (Å²) in [6, 6.07) is 0. The fourth-order valence-electron chi connectivity index (χ4n) is 2.92. The lowest BCUT2D eigenvalue weighted by Crippen LogP contribution is -2.20. The molecule has 0 aromatic heterocycles. The van der Waals surface area contributed by atoms with E-state index >= 15 is 0 Å². The van der Waals surface area contributed by atoms with Crippen LogP contribution in [-0.4, -0.2) is 5.78 Å². The van der Waals surface area contributed by atoms with Crippen molar-refractivity contribution in [3.63, 3.8) is 0 Å². The van der Waals surface area contributed by atoms with Gasteiger partial charge in [0, 0.05) is 12.8 Å². The van der Waals surface area contributed by atoms with Gasteiger partial charge in [0.25, 0.3) is 0 Å². The maximum Gasteiger partial charge on any atom is 0.133 e. The quantitative estimate of drug-likeness (QED) is 0.674. The van der Waals surface area contributed by atoms with Crippen LogP contribution in [0.25, 0.3) is 0 Å². The molecule has 1 aliphatic rings. The third kappa shape index (κ3) is 4.67. The molecule has 0 heterocycles. The Morgan fingerprint density at radius 3 is 2.06 bits per heavy atom. The van der Waals surface area contributed by atoms with Gasteiger partial charge in [0.15, 0.2) is 0 Å². The molecule has 0 N–H and O–H groups in total. The van der Waals surface area contributed by atoms with E-state index < -0.39 is 0 Å². The van der Waals surface area contributed by atoms with Crippen molar-refractivity contribution in [1.29, 1.82) is 0 Å². The van der Waals surface area contributed by atoms with Crippen molar-refractivity contribution in [3.05, 3.63) is 0 Å². The minimum absolute atomic E-state index is 0.489. The highest BCUT2D eigenvalue weighted by molar-refractivity contribution is 5.78. The number of hydrogen-bond acceptors (Lipinski definition) is 1. The molecule has 1 fully saturated rings. The number of ketones is 1. The molecule has 0 aromatic rings. The van der Waals surface area contributed by atoms with E-state index in [0.29, 0.717) is 17.6 Å². The first-order valence-electron chi connectivity index (χ1n) is 7.00. The summed E-state index contributed by atoms with van der Waals surface area (Å²) >= 11 is 0. The highest BCUT2D eigenvalue weighted by Crippen LogP contribution is 2.35. The van der Waals surface area contributed by atoms with Gasteiger partial charge >= 0.3 is 0 Å². The van der Waals surface area contributed by atoms with Gasteiger partial charge in [-0.3, -0.25) is 4.79 Å². The summed E-state index contributed by atoms with van der Waals surface area (Å²) < 4.78 is 0. The lowest BCUT2D eigenvalue weighted by Gasteiger charge is -2.30. The van der Waals surface area contributed by atoms with Crippen molar-refractivity contribution in [2.75, 3.05) is 0 Å². The highest BCUT2D eigenvalue weighted by atomic mass is 16.1. The van der Waals surface area contributed by atoms with Gasteiger partial charge in [-0.25, -0.2) is 0 Å². The van der Waals surface area contributed by atoms with Gasteiger partial charge in [-0.05, 0) is 49.4 Å². The first-order valence-corrected chi connectivity index (χ1v) is 7.00. The molecule has 16 heavy (non-hydrogen) atoms. The average molecular weight is 224 g/mol. The molecule has 1 saturated carbocycles. The molecular weight excluding hydrogens is 196 g/mol. The standard InChI is InChI=1S/C15H28O/c1-11(2)9-15(16)10-13-5-7-14(8-6-13)12(3)4/h11-14H,5-10H2,1-4H3. The Kier molecular flexibility index (Phi) is 5.51. The van der Waals surface area contributed by atoms with Gasteiger partial charge in [-0.15, -0.1) is 0 Å². The largest absolute Gasteiger partial charge is 0.300 e. The Morgan fingerprint density at radius 2 is 1.62 bits per heavy atom. The van der Waals surface area contributed by atoms with Crippen LogP contribution >= 0.6 is 0 Å². The summed E-state index contributed by atoms with van der Waals surface area (Å²) in [5.41, 5.74) is 0. The van der Waals surface area contributed by atoms with Crippen LogP contribution in [0.3, 0.4) is 0 Å². The Hall–Kier alpha value is -0.330. The molecule has 0 atom stereocenters. The van der Waals surface area contributed by atoms with Gasteiger partial charge in [-0.2, -0.15) is 0 Å². The molecule has 0 saturated heterocycles. The second-order valence-corrected chi connectivity index (χ2v) is 6.37. The van der Waals surface area contributed by atoms with Crippen molar-refractivity contribution < 1.29 is 4.79 Å². The van der Waals surface area contributed by atoms with E-state index in [1.54, 1.807) is 0 Å². The zero-order valence-corrected chi connectivity index (χ0v) is 11.5. The Bertz CT molecular complexity index is 209. The maximum absolute atomic E-state index is 11.7. The lowest BCUT2D eigenvalue weighted by atomic mass is 9.75. The maximum atomic E-state index is 11.7. The first-order chi connectivity index (χ1) is 7.49. The van der Waals surface area contributed by atoms with Crippen LogP contribution in [0, 0.1) is 23.7 Å². The van der Waals surface area contributed by atoms with Crippen LogP contribution < -0.4 is 0 Å². The Balaban J connectivity index is 2.24. The fourth-order valence-corrected chi connectivity index (χ4v) is 2.92. The minimum atomic E-state index is 0.489. The normalized spacial score (nSPS) is 26.4. The van der Waals surface area contributed by atoms with Crippen LogP contribution in [0.4, 0.5) is 0 Å². The SMILES string of the molecule is CC(C)CC(=O)CC1CCC(C(C)C)CC1. The summed E-state index contributed by atoms with van der Waals surface area (Å²) in [4.78, 5) is 11.7. The molecule has 0 spiro atoms. The summed E-state index contributed by atoms with van der Waals surface area (Å²) in [7, 11) is 0. The molecule has 94 valence electrons. The second-order valence-electron chi connectivity index (χ2n) is 6.37. The van der Waals surface area contributed by atoms with Crippen LogP contribution in [0.1, 0.15) is 66.2 Å². The van der Waals surface area contributed by atoms with Gasteiger partial charge in [0.1, 0.15) is 5.78 Å². The highest BCUT2D eigenvalue weighted by Gasteiger charge is 2.24. The second kappa shape index (κ2) is 6.42. The third-order valence-corrected chi connectivity index (χ3v) is 3.99. The van der Waals surface area contributed by atoms with E-state index in [1.807, 2.05) is 0 Å². The van der Waals surface area contributed by atoms with Crippen molar-refractivity contribution in [1.82, 2.24) is 0 Å². The fraction of sp³-hybridized carbons (Fsp3) is 0.933. The van der Waals surface area contributed by atoms with E-state index in [-0.39, 0.29) is 0 Å². The predicted molar refractivity (Wildman–Crippen MR) is 69.4 cm³/mol. The number of carbonyl (C=O) groups is 1. The molecular formula is C15H28O. The number of hydrogen-bond donors (Lipinski definition) is 0. The molecule has 0 aliphatic heterocycles. The van der Waals surface area contributed by atoms with Crippen LogP contribution in [-0.2, 0) is 4.79 Å². The van der Waals surface area contributed by atoms with E-state index in [1.165, 1.54) is 25.7 Å². The van der Waals surface area contributed by atoms with Crippen LogP contribution in [0.5, 0.6) is 0 Å². The number of Topliss-reactive ketones (excluding diaryl/α,β-unsaturated/α-hetero) is 1. The van der Waals surface area contributed by atoms with Crippen molar-refractivity contribution in [2.24, 2.45) is 23.7 Å². The summed E-state index contributed by atoms with van der Waals surface area (Å²) in [5, 5.41) is 0. The van der Waals surface area contributed by atoms with E-state index in [2.05, 4.69) is 27.7 Å². The van der Waals surface area contributed by atoms with E-state index in [4.69, 9.17) is 0 Å². The first kappa shape index (κ1) is 13.7. The molecule has 0 amide bonds. The summed E-state index contributed by atoms with van der Waals surface area (Å²) in [6.45, 7) is 8.92. The molecule has 1 aliphatic carbocycles. The molecule has 1 nitrogen and oxygen atoms in total. The van der Waals surface area contributed by atoms with Crippen molar-refractivity contribution in [2.45, 2.75) is 66.2 Å². The molecule has 1 heteroatoms. The van der Waals surface area contributed by atoms with Gasteiger partial charge in [0.2, 0.25) is 0 Å². The topological polar surface area (TPSA) is 17.1 Å². The molecule has 0 radical (unpaired) electrons. The van der Waals surface area contributed by atoms with E-state index in [9.17, 15) is 4.79 Å².